The van der Waals surface area contributed by atoms with Crippen molar-refractivity contribution in [2.75, 3.05) is 50.5 Å². The summed E-state index contributed by atoms with van der Waals surface area (Å²) < 4.78 is 31.1. The Bertz CT molecular complexity index is 1250. The van der Waals surface area contributed by atoms with Crippen molar-refractivity contribution in [1.29, 1.82) is 0 Å². The van der Waals surface area contributed by atoms with Crippen LogP contribution in [0.25, 0.3) is 10.2 Å². The average molecular weight is 474 g/mol. The van der Waals surface area contributed by atoms with Crippen molar-refractivity contribution >= 4 is 42.4 Å². The van der Waals surface area contributed by atoms with Crippen LogP contribution >= 0.6 is 11.3 Å². The molecule has 3 aromatic rings. The third-order valence-electron chi connectivity index (χ3n) is 5.56. The van der Waals surface area contributed by atoms with E-state index in [2.05, 4.69) is 17.0 Å². The zero-order chi connectivity index (χ0) is 22.9. The lowest BCUT2D eigenvalue weighted by Gasteiger charge is -2.29. The minimum atomic E-state index is -3.56. The molecule has 0 N–H and O–H groups in total. The fourth-order valence-electron chi connectivity index (χ4n) is 3.94. The van der Waals surface area contributed by atoms with E-state index in [1.807, 2.05) is 13.8 Å². The molecule has 1 saturated heterocycles. The van der Waals surface area contributed by atoms with Crippen LogP contribution in [0.4, 0.5) is 5.13 Å². The lowest BCUT2D eigenvalue weighted by molar-refractivity contribution is 0.0391. The fourth-order valence-corrected chi connectivity index (χ4v) is 5.98. The van der Waals surface area contributed by atoms with E-state index < -0.39 is 9.84 Å². The maximum absolute atomic E-state index is 13.7. The maximum atomic E-state index is 13.7. The molecule has 4 rings (SSSR count). The van der Waals surface area contributed by atoms with E-state index in [4.69, 9.17) is 9.72 Å². The predicted molar refractivity (Wildman–Crippen MR) is 128 cm³/mol. The maximum Gasteiger partial charge on any atom is 0.261 e. The number of carbonyl (C=O) groups excluding carboxylic acids is 1. The van der Waals surface area contributed by atoms with Crippen molar-refractivity contribution in [3.8, 4) is 0 Å². The Morgan fingerprint density at radius 3 is 2.62 bits per heavy atom. The van der Waals surface area contributed by atoms with Crippen LogP contribution in [-0.2, 0) is 14.6 Å². The first-order chi connectivity index (χ1) is 15.2. The highest BCUT2D eigenvalue weighted by Crippen LogP contribution is 2.33. The molecular weight excluding hydrogens is 446 g/mol. The van der Waals surface area contributed by atoms with Crippen molar-refractivity contribution < 1.29 is 17.9 Å². The van der Waals surface area contributed by atoms with Crippen molar-refractivity contribution in [1.82, 2.24) is 9.88 Å². The molecule has 7 nitrogen and oxygen atoms in total. The van der Waals surface area contributed by atoms with Gasteiger partial charge in [-0.15, -0.1) is 0 Å². The van der Waals surface area contributed by atoms with Gasteiger partial charge in [0, 0.05) is 32.4 Å². The fraction of sp³-hybridized carbons (Fsp3) is 0.391. The van der Waals surface area contributed by atoms with E-state index in [0.29, 0.717) is 31.4 Å². The van der Waals surface area contributed by atoms with Gasteiger partial charge in [0.25, 0.3) is 5.91 Å². The largest absolute Gasteiger partial charge is 0.379 e. The highest BCUT2D eigenvalue weighted by molar-refractivity contribution is 7.90. The van der Waals surface area contributed by atoms with Crippen LogP contribution in [0.15, 0.2) is 41.3 Å². The lowest BCUT2D eigenvalue weighted by Crippen LogP contribution is -2.43. The number of rotatable bonds is 6. The number of morpholine rings is 1. The number of benzene rings is 2. The number of thiazole rings is 1. The Hall–Kier alpha value is -2.33. The third kappa shape index (κ3) is 4.85. The summed E-state index contributed by atoms with van der Waals surface area (Å²) in [7, 11) is -3.56. The summed E-state index contributed by atoms with van der Waals surface area (Å²) >= 11 is 1.46. The molecule has 0 saturated carbocycles. The number of aryl methyl sites for hydroxylation is 2. The van der Waals surface area contributed by atoms with Crippen LogP contribution in [-0.4, -0.2) is 69.9 Å². The van der Waals surface area contributed by atoms with Gasteiger partial charge in [0.15, 0.2) is 15.0 Å². The van der Waals surface area contributed by atoms with Gasteiger partial charge < -0.3 is 4.74 Å². The second kappa shape index (κ2) is 9.27. The average Bonchev–Trinajstić information content (AvgIpc) is 3.18. The Morgan fingerprint density at radius 1 is 1.19 bits per heavy atom. The van der Waals surface area contributed by atoms with Gasteiger partial charge in [-0.25, -0.2) is 13.4 Å². The lowest BCUT2D eigenvalue weighted by atomic mass is 10.1. The van der Waals surface area contributed by atoms with E-state index in [1.165, 1.54) is 17.4 Å². The van der Waals surface area contributed by atoms with E-state index >= 15 is 0 Å². The number of nitrogens with zero attached hydrogens (tertiary/aromatic N) is 3. The molecule has 1 aliphatic rings. The summed E-state index contributed by atoms with van der Waals surface area (Å²) in [5.74, 6) is -0.354. The Labute approximate surface area is 192 Å². The molecular formula is C23H27N3O4S2. The van der Waals surface area contributed by atoms with E-state index in [1.54, 1.807) is 23.1 Å². The smallest absolute Gasteiger partial charge is 0.261 e. The first-order valence-corrected chi connectivity index (χ1v) is 13.2. The van der Waals surface area contributed by atoms with Gasteiger partial charge in [0.1, 0.15) is 0 Å². The third-order valence-corrected chi connectivity index (χ3v) is 7.74. The molecule has 0 bridgehead atoms. The number of anilines is 1. The molecule has 1 aliphatic heterocycles. The molecule has 2 heterocycles. The molecule has 0 unspecified atom stereocenters. The number of aromatic nitrogens is 1. The van der Waals surface area contributed by atoms with Gasteiger partial charge in [-0.2, -0.15) is 0 Å². The van der Waals surface area contributed by atoms with Crippen molar-refractivity contribution in [3.05, 3.63) is 53.1 Å². The summed E-state index contributed by atoms with van der Waals surface area (Å²) in [5.41, 5.74) is 3.23. The SMILES string of the molecule is Cc1cc(C)c2nc(N(CCN3CCOCC3)C(=O)c3ccccc3S(C)(=O)=O)sc2c1. The van der Waals surface area contributed by atoms with Crippen LogP contribution in [0.5, 0.6) is 0 Å². The number of ether oxygens (including phenoxy) is 1. The molecule has 1 fully saturated rings. The first kappa shape index (κ1) is 22.8. The molecule has 0 aliphatic carbocycles. The molecule has 1 aromatic heterocycles. The van der Waals surface area contributed by atoms with Crippen molar-refractivity contribution in [3.63, 3.8) is 0 Å². The van der Waals surface area contributed by atoms with Crippen molar-refractivity contribution in [2.24, 2.45) is 0 Å². The van der Waals surface area contributed by atoms with Gasteiger partial charge in [-0.05, 0) is 43.2 Å². The summed E-state index contributed by atoms with van der Waals surface area (Å²) in [4.78, 5) is 22.4. The zero-order valence-corrected chi connectivity index (χ0v) is 20.1. The van der Waals surface area contributed by atoms with E-state index in [-0.39, 0.29) is 16.4 Å². The second-order valence-electron chi connectivity index (χ2n) is 8.10. The number of fused-ring (bicyclic) bond motifs is 1. The van der Waals surface area contributed by atoms with Gasteiger partial charge in [0.2, 0.25) is 0 Å². The van der Waals surface area contributed by atoms with Crippen LogP contribution in [0.2, 0.25) is 0 Å². The predicted octanol–water partition coefficient (Wildman–Crippen LogP) is 3.30. The van der Waals surface area contributed by atoms with Crippen LogP contribution in [0.1, 0.15) is 21.5 Å². The van der Waals surface area contributed by atoms with Crippen LogP contribution in [0.3, 0.4) is 0 Å². The van der Waals surface area contributed by atoms with Gasteiger partial charge in [-0.3, -0.25) is 14.6 Å². The minimum absolute atomic E-state index is 0.0366. The highest BCUT2D eigenvalue weighted by Gasteiger charge is 2.27. The van der Waals surface area contributed by atoms with E-state index in [0.717, 1.165) is 40.7 Å². The Kier molecular flexibility index (Phi) is 6.62. The van der Waals surface area contributed by atoms with Crippen LogP contribution < -0.4 is 4.90 Å². The summed E-state index contributed by atoms with van der Waals surface area (Å²) in [6.07, 6.45) is 1.13. The van der Waals surface area contributed by atoms with Gasteiger partial charge >= 0.3 is 0 Å². The van der Waals surface area contributed by atoms with E-state index in [9.17, 15) is 13.2 Å². The molecule has 1 amide bonds. The summed E-state index contributed by atoms with van der Waals surface area (Å²) in [6.45, 7) is 8.07. The quantitative estimate of drug-likeness (QED) is 0.547. The number of amides is 1. The van der Waals surface area contributed by atoms with Gasteiger partial charge in [0.05, 0.1) is 33.9 Å². The monoisotopic (exact) mass is 473 g/mol. The number of sulfone groups is 1. The zero-order valence-electron chi connectivity index (χ0n) is 18.5. The molecule has 9 heteroatoms. The standard InChI is InChI=1S/C23H27N3O4S2/c1-16-14-17(2)21-19(15-16)31-23(24-21)26(9-8-25-10-12-30-13-11-25)22(27)18-6-4-5-7-20(18)32(3,28)29/h4-7,14-15H,8-13H2,1-3H3. The molecule has 0 radical (unpaired) electrons. The Balaban J connectivity index is 1.74. The number of carbonyl (C=O) groups is 1. The molecule has 2 aromatic carbocycles. The van der Waals surface area contributed by atoms with Crippen molar-refractivity contribution in [2.45, 2.75) is 18.7 Å². The number of hydrogen-bond donors (Lipinski definition) is 0. The topological polar surface area (TPSA) is 79.8 Å². The number of hydrogen-bond acceptors (Lipinski definition) is 7. The van der Waals surface area contributed by atoms with Gasteiger partial charge in [-0.1, -0.05) is 29.5 Å². The molecule has 0 atom stereocenters. The summed E-state index contributed by atoms with van der Waals surface area (Å²) in [5, 5.41) is 0.579. The molecule has 32 heavy (non-hydrogen) atoms. The highest BCUT2D eigenvalue weighted by atomic mass is 32.2. The first-order valence-electron chi connectivity index (χ1n) is 10.5. The summed E-state index contributed by atoms with van der Waals surface area (Å²) in [6, 6.07) is 10.5. The molecule has 0 spiro atoms. The second-order valence-corrected chi connectivity index (χ2v) is 11.1. The van der Waals surface area contributed by atoms with Crippen LogP contribution in [0, 0.1) is 13.8 Å². The minimum Gasteiger partial charge on any atom is -0.379 e. The normalized spacial score (nSPS) is 15.2. The Morgan fingerprint density at radius 2 is 1.91 bits per heavy atom. The molecule has 170 valence electrons.